The average Bonchev–Trinajstić information content (AvgIpc) is 3.11. The van der Waals surface area contributed by atoms with Gasteiger partial charge in [0.05, 0.1) is 21.4 Å². The number of fused-ring (bicyclic) bond motifs is 2. The van der Waals surface area contributed by atoms with Gasteiger partial charge in [-0.3, -0.25) is 38.4 Å². The number of benzene rings is 3. The number of rotatable bonds is 8. The summed E-state index contributed by atoms with van der Waals surface area (Å²) in [5, 5.41) is 27.2. The molecule has 55 heavy (non-hydrogen) atoms. The molecule has 0 atom stereocenters. The molecule has 3 aromatic carbocycles. The average molecular weight is 808 g/mol. The Morgan fingerprint density at radius 1 is 0.709 bits per heavy atom. The third kappa shape index (κ3) is 8.07. The van der Waals surface area contributed by atoms with Crippen LogP contribution in [-0.4, -0.2) is 71.5 Å². The first-order valence-corrected chi connectivity index (χ1v) is 19.8. The molecule has 0 aromatic heterocycles. The number of azo groups is 2. The van der Waals surface area contributed by atoms with Gasteiger partial charge in [0.25, 0.3) is 25.9 Å². The molecular formula is C34H27N6O12S3+. The van der Waals surface area contributed by atoms with Crippen LogP contribution in [0.4, 0.5) is 22.7 Å². The van der Waals surface area contributed by atoms with E-state index in [1.807, 2.05) is 0 Å². The van der Waals surface area contributed by atoms with E-state index < -0.39 is 62.3 Å². The monoisotopic (exact) mass is 807 g/mol. The van der Waals surface area contributed by atoms with E-state index in [1.165, 1.54) is 48.5 Å². The first-order chi connectivity index (χ1) is 25.7. The molecule has 0 saturated carbocycles. The van der Waals surface area contributed by atoms with E-state index in [9.17, 15) is 54.1 Å². The smallest absolute Gasteiger partial charge is 0.293 e. The van der Waals surface area contributed by atoms with Gasteiger partial charge in [-0.2, -0.15) is 27.1 Å². The molecule has 3 aliphatic rings. The number of nitrogens with zero attached hydrogens (tertiary/aromatic N) is 5. The number of anilines is 1. The van der Waals surface area contributed by atoms with Crippen LogP contribution in [0.25, 0.3) is 4.91 Å². The highest BCUT2D eigenvalue weighted by Gasteiger charge is 2.34. The molecule has 0 amide bonds. The number of nitrogens with one attached hydrogen (secondary N) is 1. The van der Waals surface area contributed by atoms with Crippen molar-refractivity contribution >= 4 is 80.1 Å². The summed E-state index contributed by atoms with van der Waals surface area (Å²) in [5.41, 5.74) is 3.46. The highest BCUT2D eigenvalue weighted by Crippen LogP contribution is 2.35. The van der Waals surface area contributed by atoms with Gasteiger partial charge in [-0.1, -0.05) is 42.5 Å². The summed E-state index contributed by atoms with van der Waals surface area (Å²) < 4.78 is 98.5. The van der Waals surface area contributed by atoms with Gasteiger partial charge in [-0.05, 0) is 67.0 Å². The second-order valence-corrected chi connectivity index (χ2v) is 16.2. The number of aryl methyl sites for hydroxylation is 2. The van der Waals surface area contributed by atoms with Crippen molar-refractivity contribution in [2.75, 3.05) is 5.43 Å². The van der Waals surface area contributed by atoms with Crippen LogP contribution in [-0.2, 0) is 35.1 Å². The minimum atomic E-state index is -5.09. The topological polar surface area (TPSA) is 285 Å². The van der Waals surface area contributed by atoms with Gasteiger partial charge in [-0.15, -0.1) is 5.11 Å². The van der Waals surface area contributed by atoms with Gasteiger partial charge in [0.1, 0.15) is 31.8 Å². The Hall–Kier alpha value is -6.07. The van der Waals surface area contributed by atoms with Crippen molar-refractivity contribution in [2.45, 2.75) is 13.8 Å². The van der Waals surface area contributed by atoms with Crippen molar-refractivity contribution in [3.05, 3.63) is 135 Å². The number of hydrazone groups is 1. The first-order valence-electron chi connectivity index (χ1n) is 15.5. The van der Waals surface area contributed by atoms with Crippen molar-refractivity contribution < 1.29 is 58.9 Å². The third-order valence-corrected chi connectivity index (χ3v) is 10.8. The van der Waals surface area contributed by atoms with Crippen LogP contribution in [0.2, 0.25) is 0 Å². The molecule has 0 spiro atoms. The molecule has 0 saturated heterocycles. The zero-order valence-corrected chi connectivity index (χ0v) is 30.7. The molecule has 6 rings (SSSR count). The Labute approximate surface area is 312 Å². The molecule has 18 nitrogen and oxygen atoms in total. The van der Waals surface area contributed by atoms with Crippen molar-refractivity contribution in [3.63, 3.8) is 0 Å². The molecule has 6 N–H and O–H groups in total. The van der Waals surface area contributed by atoms with Crippen LogP contribution >= 0.6 is 0 Å². The lowest BCUT2D eigenvalue weighted by atomic mass is 9.92. The molecule has 3 aromatic rings. The fourth-order valence-electron chi connectivity index (χ4n) is 5.39. The summed E-state index contributed by atoms with van der Waals surface area (Å²) in [6.07, 6.45) is 4.85. The molecule has 3 aliphatic carbocycles. The number of hydrogen-bond acceptors (Lipinski definition) is 12. The number of hydrogen-bond donors (Lipinski definition) is 6. The van der Waals surface area contributed by atoms with Crippen molar-refractivity contribution in [2.24, 2.45) is 20.4 Å². The fraction of sp³-hybridized carbons (Fsp3) is 0.0588. The second kappa shape index (κ2) is 14.3. The predicted octanol–water partition coefficient (Wildman–Crippen LogP) is 5.60. The van der Waals surface area contributed by atoms with Crippen LogP contribution < -0.4 is 5.43 Å². The van der Waals surface area contributed by atoms with Gasteiger partial charge in [-0.25, -0.2) is 4.21 Å². The largest absolute Gasteiger partial charge is 0.298 e. The minimum Gasteiger partial charge on any atom is -0.293 e. The van der Waals surface area contributed by atoms with Crippen LogP contribution in [0.15, 0.2) is 133 Å². The normalized spacial score (nSPS) is 17.3. The lowest BCUT2D eigenvalue weighted by molar-refractivity contribution is -0.761. The van der Waals surface area contributed by atoms with E-state index in [0.29, 0.717) is 16.0 Å². The molecule has 0 aliphatic heterocycles. The van der Waals surface area contributed by atoms with Crippen molar-refractivity contribution in [1.82, 2.24) is 0 Å². The lowest BCUT2D eigenvalue weighted by Gasteiger charge is -2.19. The summed E-state index contributed by atoms with van der Waals surface area (Å²) in [5.74, 6) is -1.82. The van der Waals surface area contributed by atoms with E-state index in [0.717, 1.165) is 30.4 Å². The second-order valence-electron chi connectivity index (χ2n) is 11.9. The first kappa shape index (κ1) is 38.6. The van der Waals surface area contributed by atoms with E-state index in [4.69, 9.17) is 0 Å². The van der Waals surface area contributed by atoms with E-state index >= 15 is 0 Å². The van der Waals surface area contributed by atoms with Crippen LogP contribution in [0.1, 0.15) is 27.0 Å². The summed E-state index contributed by atoms with van der Waals surface area (Å²) in [7, 11) is -14.3. The molecule has 282 valence electrons. The summed E-state index contributed by atoms with van der Waals surface area (Å²) in [6, 6.07) is 14.8. The number of carbonyl (C=O) groups is 2. The number of carbonyl (C=O) groups excluding carboxylic acids is 2. The Kier molecular flexibility index (Phi) is 10.0. The van der Waals surface area contributed by atoms with Crippen LogP contribution in [0.5, 0.6) is 0 Å². The van der Waals surface area contributed by atoms with E-state index in [2.05, 4.69) is 25.9 Å². The van der Waals surface area contributed by atoms with Crippen LogP contribution in [0.3, 0.4) is 0 Å². The zero-order valence-electron chi connectivity index (χ0n) is 28.2. The van der Waals surface area contributed by atoms with Gasteiger partial charge < -0.3 is 0 Å². The van der Waals surface area contributed by atoms with Gasteiger partial charge >= 0.3 is 0 Å². The molecule has 0 radical (unpaired) electrons. The number of Topliss-reactive ketones (excluding diaryl/α,β-unsaturated/α-hetero) is 2. The van der Waals surface area contributed by atoms with E-state index in [-0.39, 0.29) is 50.7 Å². The molecule has 0 fully saturated rings. The zero-order chi connectivity index (χ0) is 40.0. The molecule has 0 bridgehead atoms. The summed E-state index contributed by atoms with van der Waals surface area (Å²) in [6.45, 7) is 3.33. The minimum absolute atomic E-state index is 0.0185. The maximum absolute atomic E-state index is 13.1. The van der Waals surface area contributed by atoms with E-state index in [1.54, 1.807) is 26.0 Å². The molecule has 0 unspecified atom stereocenters. The Balaban J connectivity index is 1.30. The third-order valence-electron chi connectivity index (χ3n) is 8.21. The van der Waals surface area contributed by atoms with Gasteiger partial charge in [0.2, 0.25) is 21.6 Å². The van der Waals surface area contributed by atoms with Gasteiger partial charge in [0.15, 0.2) is 0 Å². The standard InChI is InChI=1S/C34H26N6O12S3/c1-18-7-9-21(15-27(18)36-38-32-24-12-11-23(53(44,45)46)13-20(24)14-31(34(32)42)55(50,51)52)39-40(43)22-10-8-19(2)28(16-22)35-37-29-17-30(54(47,48)49)25-5-3-4-6-26(25)33(29)41/h3-17H,1-2H3,(H5-,35,36,39,41,42,43,44,45,46,47,48,49,50,51,52)/p+1. The summed E-state index contributed by atoms with van der Waals surface area (Å²) in [4.78, 5) is 24.6. The molecule has 21 heteroatoms. The SMILES string of the molecule is Cc1ccc(N=[N+](O)c2ccc(C)c(NN=C3C=C(S(=O)(=O)O)c4ccccc4C3=O)c2)cc1N=NC1=C2C=CC(=S(=O)(O)O)C=C2C=C(S(=O)(=O)O)C1=O. The summed E-state index contributed by atoms with van der Waals surface area (Å²) >= 11 is 0. The number of ketones is 2. The Bertz CT molecular complexity index is 2870. The highest BCUT2D eigenvalue weighted by molar-refractivity contribution is 7.95. The Morgan fingerprint density at radius 2 is 1.38 bits per heavy atom. The quantitative estimate of drug-likeness (QED) is 0.0532. The lowest BCUT2D eigenvalue weighted by Crippen LogP contribution is -2.22. The van der Waals surface area contributed by atoms with Crippen molar-refractivity contribution in [3.8, 4) is 0 Å². The number of allylic oxidation sites excluding steroid dienone is 8. The van der Waals surface area contributed by atoms with Crippen LogP contribution in [0, 0.1) is 13.8 Å². The fourth-order valence-corrected chi connectivity index (χ4v) is 7.24. The molecule has 0 heterocycles. The predicted molar refractivity (Wildman–Crippen MR) is 199 cm³/mol. The van der Waals surface area contributed by atoms with Crippen molar-refractivity contribution in [1.29, 1.82) is 0 Å². The maximum atomic E-state index is 13.1. The maximum Gasteiger partial charge on any atom is 0.298 e. The van der Waals surface area contributed by atoms with Gasteiger partial charge in [0, 0.05) is 28.8 Å². The molecular weight excluding hydrogens is 781 g/mol. The highest BCUT2D eigenvalue weighted by atomic mass is 32.2. The Morgan fingerprint density at radius 3 is 2.05 bits per heavy atom.